The summed E-state index contributed by atoms with van der Waals surface area (Å²) in [7, 11) is 0. The molecule has 1 fully saturated rings. The number of hydrogen-bond donors (Lipinski definition) is 2. The highest BCUT2D eigenvalue weighted by Gasteiger charge is 2.41. The van der Waals surface area contributed by atoms with Gasteiger partial charge < -0.3 is 15.8 Å². The summed E-state index contributed by atoms with van der Waals surface area (Å²) in [5, 5.41) is 2.93. The van der Waals surface area contributed by atoms with Gasteiger partial charge in [-0.05, 0) is 46.0 Å². The summed E-state index contributed by atoms with van der Waals surface area (Å²) in [5.41, 5.74) is 5.59. The van der Waals surface area contributed by atoms with Crippen molar-refractivity contribution >= 4 is 6.09 Å². The molecule has 3 N–H and O–H groups in total. The van der Waals surface area contributed by atoms with Gasteiger partial charge in [-0.15, -0.1) is 0 Å². The third kappa shape index (κ3) is 5.39. The molecule has 1 unspecified atom stereocenters. The van der Waals surface area contributed by atoms with Crippen LogP contribution in [0.2, 0.25) is 0 Å². The van der Waals surface area contributed by atoms with Crippen LogP contribution in [0.4, 0.5) is 4.79 Å². The smallest absolute Gasteiger partial charge is 0.407 e. The summed E-state index contributed by atoms with van der Waals surface area (Å²) in [6.07, 6.45) is 2.61. The SMILES string of the molecule is CC(C)C(CC1(N)CC1)NC(=O)OC(C)(C)C. The molecule has 0 heterocycles. The van der Waals surface area contributed by atoms with Crippen molar-refractivity contribution in [3.8, 4) is 0 Å². The second kappa shape index (κ2) is 4.84. The van der Waals surface area contributed by atoms with Crippen molar-refractivity contribution in [1.82, 2.24) is 5.32 Å². The van der Waals surface area contributed by atoms with Crippen molar-refractivity contribution in [1.29, 1.82) is 0 Å². The molecular weight excluding hydrogens is 216 g/mol. The van der Waals surface area contributed by atoms with Crippen LogP contribution in [-0.2, 0) is 4.74 Å². The van der Waals surface area contributed by atoms with Crippen LogP contribution in [0.5, 0.6) is 0 Å². The molecule has 0 aliphatic heterocycles. The van der Waals surface area contributed by atoms with Gasteiger partial charge in [-0.25, -0.2) is 4.79 Å². The van der Waals surface area contributed by atoms with Crippen LogP contribution in [0.3, 0.4) is 0 Å². The molecule has 1 saturated carbocycles. The van der Waals surface area contributed by atoms with Gasteiger partial charge in [0.2, 0.25) is 0 Å². The molecule has 0 aromatic carbocycles. The average molecular weight is 242 g/mol. The fourth-order valence-corrected chi connectivity index (χ4v) is 1.71. The Morgan fingerprint density at radius 2 is 1.94 bits per heavy atom. The minimum Gasteiger partial charge on any atom is -0.444 e. The van der Waals surface area contributed by atoms with Gasteiger partial charge in [0, 0.05) is 11.6 Å². The van der Waals surface area contributed by atoms with E-state index in [9.17, 15) is 4.79 Å². The number of hydrogen-bond acceptors (Lipinski definition) is 3. The van der Waals surface area contributed by atoms with Gasteiger partial charge in [-0.2, -0.15) is 0 Å². The van der Waals surface area contributed by atoms with Crippen LogP contribution in [0.25, 0.3) is 0 Å². The number of amides is 1. The van der Waals surface area contributed by atoms with Crippen molar-refractivity contribution in [3.63, 3.8) is 0 Å². The predicted molar refractivity (Wildman–Crippen MR) is 68.8 cm³/mol. The topological polar surface area (TPSA) is 64.3 Å². The monoisotopic (exact) mass is 242 g/mol. The molecule has 0 bridgehead atoms. The largest absolute Gasteiger partial charge is 0.444 e. The predicted octanol–water partition coefficient (Wildman–Crippen LogP) is 2.42. The maximum absolute atomic E-state index is 11.7. The first-order valence-electron chi connectivity index (χ1n) is 6.40. The second-order valence-corrected chi connectivity index (χ2v) is 6.56. The van der Waals surface area contributed by atoms with E-state index in [1.54, 1.807) is 0 Å². The van der Waals surface area contributed by atoms with E-state index >= 15 is 0 Å². The number of ether oxygens (including phenoxy) is 1. The molecule has 100 valence electrons. The molecule has 1 aliphatic rings. The maximum atomic E-state index is 11.7. The zero-order valence-electron chi connectivity index (χ0n) is 11.7. The van der Waals surface area contributed by atoms with E-state index in [1.807, 2.05) is 20.8 Å². The second-order valence-electron chi connectivity index (χ2n) is 6.56. The molecule has 4 heteroatoms. The normalized spacial score (nSPS) is 19.9. The fourth-order valence-electron chi connectivity index (χ4n) is 1.71. The highest BCUT2D eigenvalue weighted by Crippen LogP contribution is 2.37. The minimum absolute atomic E-state index is 0.0516. The lowest BCUT2D eigenvalue weighted by molar-refractivity contribution is 0.0484. The number of carbonyl (C=O) groups is 1. The highest BCUT2D eigenvalue weighted by atomic mass is 16.6. The summed E-state index contributed by atoms with van der Waals surface area (Å²) in [6.45, 7) is 9.77. The van der Waals surface area contributed by atoms with E-state index in [4.69, 9.17) is 10.5 Å². The fraction of sp³-hybridized carbons (Fsp3) is 0.923. The molecular formula is C13H26N2O2. The molecule has 0 aromatic rings. The summed E-state index contributed by atoms with van der Waals surface area (Å²) < 4.78 is 5.26. The van der Waals surface area contributed by atoms with Crippen molar-refractivity contribution < 1.29 is 9.53 Å². The van der Waals surface area contributed by atoms with Crippen LogP contribution < -0.4 is 11.1 Å². The van der Waals surface area contributed by atoms with Crippen LogP contribution >= 0.6 is 0 Å². The van der Waals surface area contributed by atoms with Crippen molar-refractivity contribution in [2.45, 2.75) is 71.1 Å². The van der Waals surface area contributed by atoms with E-state index in [0.717, 1.165) is 19.3 Å². The lowest BCUT2D eigenvalue weighted by atomic mass is 9.96. The van der Waals surface area contributed by atoms with Crippen LogP contribution in [0, 0.1) is 5.92 Å². The maximum Gasteiger partial charge on any atom is 0.407 e. The Balaban J connectivity index is 2.46. The molecule has 0 aromatic heterocycles. The Morgan fingerprint density at radius 1 is 1.41 bits per heavy atom. The lowest BCUT2D eigenvalue weighted by Crippen LogP contribution is -2.45. The molecule has 0 saturated heterocycles. The van der Waals surface area contributed by atoms with Gasteiger partial charge in [0.25, 0.3) is 0 Å². The Bertz CT molecular complexity index is 278. The van der Waals surface area contributed by atoms with E-state index < -0.39 is 5.60 Å². The van der Waals surface area contributed by atoms with Gasteiger partial charge in [-0.1, -0.05) is 13.8 Å². The third-order valence-corrected chi connectivity index (χ3v) is 3.03. The molecule has 17 heavy (non-hydrogen) atoms. The highest BCUT2D eigenvalue weighted by molar-refractivity contribution is 5.68. The average Bonchev–Trinajstić information content (AvgIpc) is 2.78. The Hall–Kier alpha value is -0.770. The zero-order valence-corrected chi connectivity index (χ0v) is 11.7. The first-order valence-corrected chi connectivity index (χ1v) is 6.40. The Kier molecular flexibility index (Phi) is 4.07. The number of alkyl carbamates (subject to hydrolysis) is 1. The zero-order chi connectivity index (χ0) is 13.3. The molecule has 0 radical (unpaired) electrons. The number of nitrogens with one attached hydrogen (secondary N) is 1. The van der Waals surface area contributed by atoms with Crippen LogP contribution in [0.15, 0.2) is 0 Å². The quantitative estimate of drug-likeness (QED) is 0.795. The first-order chi connectivity index (χ1) is 7.61. The Morgan fingerprint density at radius 3 is 2.29 bits per heavy atom. The first kappa shape index (κ1) is 14.3. The van der Waals surface area contributed by atoms with Gasteiger partial charge in [0.15, 0.2) is 0 Å². The van der Waals surface area contributed by atoms with Gasteiger partial charge in [-0.3, -0.25) is 0 Å². The molecule has 4 nitrogen and oxygen atoms in total. The van der Waals surface area contributed by atoms with Gasteiger partial charge in [0.1, 0.15) is 5.60 Å². The molecule has 1 amide bonds. The molecule has 0 spiro atoms. The van der Waals surface area contributed by atoms with Crippen molar-refractivity contribution in [2.24, 2.45) is 11.7 Å². The summed E-state index contributed by atoms with van der Waals surface area (Å²) in [4.78, 5) is 11.7. The summed E-state index contributed by atoms with van der Waals surface area (Å²) >= 11 is 0. The molecule has 1 rings (SSSR count). The van der Waals surface area contributed by atoms with Crippen molar-refractivity contribution in [3.05, 3.63) is 0 Å². The van der Waals surface area contributed by atoms with Crippen LogP contribution in [-0.4, -0.2) is 23.3 Å². The number of carbonyl (C=O) groups excluding carboxylic acids is 1. The number of rotatable bonds is 4. The summed E-state index contributed by atoms with van der Waals surface area (Å²) in [5.74, 6) is 0.364. The molecule has 1 atom stereocenters. The minimum atomic E-state index is -0.453. The van der Waals surface area contributed by atoms with Crippen molar-refractivity contribution in [2.75, 3.05) is 0 Å². The van der Waals surface area contributed by atoms with E-state index in [-0.39, 0.29) is 17.7 Å². The van der Waals surface area contributed by atoms with E-state index in [1.165, 1.54) is 0 Å². The van der Waals surface area contributed by atoms with E-state index in [2.05, 4.69) is 19.2 Å². The van der Waals surface area contributed by atoms with Gasteiger partial charge >= 0.3 is 6.09 Å². The number of nitrogens with two attached hydrogens (primary N) is 1. The van der Waals surface area contributed by atoms with Crippen LogP contribution in [0.1, 0.15) is 53.9 Å². The Labute approximate surface area is 104 Å². The molecule has 1 aliphatic carbocycles. The standard InChI is InChI=1S/C13H26N2O2/c1-9(2)10(8-13(14)6-7-13)15-11(16)17-12(3,4)5/h9-10H,6-8,14H2,1-5H3,(H,15,16). The lowest BCUT2D eigenvalue weighted by Gasteiger charge is -2.27. The third-order valence-electron chi connectivity index (χ3n) is 3.03. The van der Waals surface area contributed by atoms with Gasteiger partial charge in [0.05, 0.1) is 0 Å². The van der Waals surface area contributed by atoms with E-state index in [0.29, 0.717) is 5.92 Å². The summed E-state index contributed by atoms with van der Waals surface area (Å²) in [6, 6.07) is 0.0948.